The molecular weight excluding hydrogens is 282 g/mol. The first-order chi connectivity index (χ1) is 10.0. The number of anilines is 2. The van der Waals surface area contributed by atoms with Gasteiger partial charge < -0.3 is 20.5 Å². The number of hydrogen-bond acceptors (Lipinski definition) is 6. The van der Waals surface area contributed by atoms with E-state index in [0.29, 0.717) is 18.2 Å². The zero-order chi connectivity index (χ0) is 15.7. The summed E-state index contributed by atoms with van der Waals surface area (Å²) in [6.45, 7) is 3.40. The normalized spacial score (nSPS) is 11.5. The van der Waals surface area contributed by atoms with Gasteiger partial charge in [0.25, 0.3) is 5.92 Å². The van der Waals surface area contributed by atoms with Gasteiger partial charge in [-0.1, -0.05) is 6.92 Å². The summed E-state index contributed by atoms with van der Waals surface area (Å²) in [6, 6.07) is 1.55. The van der Waals surface area contributed by atoms with Crippen molar-refractivity contribution in [3.8, 4) is 0 Å². The van der Waals surface area contributed by atoms with Crippen molar-refractivity contribution in [2.45, 2.75) is 32.8 Å². The lowest BCUT2D eigenvalue weighted by atomic mass is 10.3. The van der Waals surface area contributed by atoms with E-state index in [0.717, 1.165) is 13.0 Å². The zero-order valence-electron chi connectivity index (χ0n) is 12.3. The van der Waals surface area contributed by atoms with Gasteiger partial charge in [0.05, 0.1) is 6.54 Å². The molecule has 1 aromatic rings. The Bertz CT molecular complexity index is 406. The van der Waals surface area contributed by atoms with Crippen LogP contribution in [-0.4, -0.2) is 47.3 Å². The lowest BCUT2D eigenvalue weighted by molar-refractivity contribution is -0.0373. The van der Waals surface area contributed by atoms with Crippen LogP contribution < -0.4 is 10.6 Å². The average Bonchev–Trinajstić information content (AvgIpc) is 2.49. The first-order valence-corrected chi connectivity index (χ1v) is 6.93. The fraction of sp³-hybridized carbons (Fsp3) is 0.692. The Morgan fingerprint density at radius 2 is 1.90 bits per heavy atom. The van der Waals surface area contributed by atoms with E-state index in [9.17, 15) is 8.78 Å². The third kappa shape index (κ3) is 6.63. The number of ether oxygens (including phenoxy) is 1. The van der Waals surface area contributed by atoms with Crippen LogP contribution in [0.1, 0.15) is 26.1 Å². The largest absolute Gasteiger partial charge is 0.390 e. The van der Waals surface area contributed by atoms with Crippen molar-refractivity contribution >= 4 is 11.6 Å². The van der Waals surface area contributed by atoms with E-state index in [1.54, 1.807) is 6.07 Å². The molecule has 0 spiro atoms. The minimum atomic E-state index is -3.19. The van der Waals surface area contributed by atoms with Gasteiger partial charge in [0.15, 0.2) is 5.82 Å². The van der Waals surface area contributed by atoms with Gasteiger partial charge in [-0.25, -0.2) is 18.7 Å². The quantitative estimate of drug-likeness (QED) is 0.612. The van der Waals surface area contributed by atoms with E-state index in [4.69, 9.17) is 9.84 Å². The Morgan fingerprint density at radius 1 is 1.24 bits per heavy atom. The summed E-state index contributed by atoms with van der Waals surface area (Å²) in [6.07, 6.45) is 0.913. The molecule has 0 radical (unpaired) electrons. The minimum absolute atomic E-state index is 0.212. The molecule has 1 rings (SSSR count). The van der Waals surface area contributed by atoms with E-state index < -0.39 is 19.1 Å². The maximum atomic E-state index is 13.0. The third-order valence-electron chi connectivity index (χ3n) is 2.52. The van der Waals surface area contributed by atoms with Crippen LogP contribution in [0.15, 0.2) is 6.07 Å². The molecule has 3 N–H and O–H groups in total. The van der Waals surface area contributed by atoms with E-state index in [-0.39, 0.29) is 12.4 Å². The number of hydrogen-bond donors (Lipinski definition) is 3. The van der Waals surface area contributed by atoms with Gasteiger partial charge in [-0.3, -0.25) is 0 Å². The number of halogens is 2. The third-order valence-corrected chi connectivity index (χ3v) is 2.52. The number of aliphatic hydroxyl groups is 1. The van der Waals surface area contributed by atoms with Gasteiger partial charge >= 0.3 is 0 Å². The van der Waals surface area contributed by atoms with Crippen molar-refractivity contribution in [2.24, 2.45) is 0 Å². The Morgan fingerprint density at radius 3 is 2.48 bits per heavy atom. The summed E-state index contributed by atoms with van der Waals surface area (Å²) >= 11 is 0. The Labute approximate surface area is 122 Å². The van der Waals surface area contributed by atoms with Crippen LogP contribution in [0.25, 0.3) is 0 Å². The highest BCUT2D eigenvalue weighted by molar-refractivity contribution is 5.47. The highest BCUT2D eigenvalue weighted by Gasteiger charge is 2.27. The van der Waals surface area contributed by atoms with Crippen molar-refractivity contribution in [1.82, 2.24) is 9.97 Å². The van der Waals surface area contributed by atoms with Crippen molar-refractivity contribution < 1.29 is 18.6 Å². The van der Waals surface area contributed by atoms with Crippen molar-refractivity contribution in [3.05, 3.63) is 11.9 Å². The zero-order valence-corrected chi connectivity index (χ0v) is 12.3. The predicted octanol–water partition coefficient (Wildman–Crippen LogP) is 1.87. The maximum absolute atomic E-state index is 13.0. The molecule has 0 saturated heterocycles. The molecule has 0 aliphatic rings. The van der Waals surface area contributed by atoms with Crippen molar-refractivity contribution in [2.75, 3.05) is 36.9 Å². The Hall–Kier alpha value is -1.54. The molecule has 0 aliphatic carbocycles. The summed E-state index contributed by atoms with van der Waals surface area (Å²) in [5.41, 5.74) is 0. The molecule has 8 heteroatoms. The summed E-state index contributed by atoms with van der Waals surface area (Å²) in [7, 11) is 0. The second-order valence-electron chi connectivity index (χ2n) is 4.49. The first-order valence-electron chi connectivity index (χ1n) is 6.93. The van der Waals surface area contributed by atoms with Crippen molar-refractivity contribution in [1.29, 1.82) is 0 Å². The number of nitrogens with one attached hydrogen (secondary N) is 2. The summed E-state index contributed by atoms with van der Waals surface area (Å²) in [5.74, 6) is -1.96. The standard InChI is InChI=1S/C13H22F2N4O2/c1-3-5-16-10-6-11(17-8-13(14,15)9-20)19-12(18-10)7-21-4-2/h6,20H,3-5,7-9H2,1-2H3,(H2,16,17,18,19). The highest BCUT2D eigenvalue weighted by Crippen LogP contribution is 2.16. The van der Waals surface area contributed by atoms with Crippen LogP contribution in [0, 0.1) is 0 Å². The lowest BCUT2D eigenvalue weighted by Gasteiger charge is -2.15. The van der Waals surface area contributed by atoms with E-state index in [1.807, 2.05) is 13.8 Å². The maximum Gasteiger partial charge on any atom is 0.287 e. The average molecular weight is 304 g/mol. The number of aromatic nitrogens is 2. The first kappa shape index (κ1) is 17.5. The van der Waals surface area contributed by atoms with Crippen LogP contribution in [0.3, 0.4) is 0 Å². The highest BCUT2D eigenvalue weighted by atomic mass is 19.3. The van der Waals surface area contributed by atoms with Crippen LogP contribution in [0.4, 0.5) is 20.4 Å². The van der Waals surface area contributed by atoms with E-state index in [2.05, 4.69) is 20.6 Å². The molecule has 0 unspecified atom stereocenters. The fourth-order valence-corrected chi connectivity index (χ4v) is 1.46. The minimum Gasteiger partial charge on any atom is -0.390 e. The van der Waals surface area contributed by atoms with E-state index in [1.165, 1.54) is 0 Å². The number of alkyl halides is 2. The molecule has 0 amide bonds. The lowest BCUT2D eigenvalue weighted by Crippen LogP contribution is -2.31. The molecule has 0 aliphatic heterocycles. The monoisotopic (exact) mass is 304 g/mol. The molecule has 0 saturated carbocycles. The van der Waals surface area contributed by atoms with Gasteiger partial charge in [0.2, 0.25) is 0 Å². The predicted molar refractivity (Wildman–Crippen MR) is 76.7 cm³/mol. The van der Waals surface area contributed by atoms with Crippen LogP contribution in [0.2, 0.25) is 0 Å². The molecule has 21 heavy (non-hydrogen) atoms. The molecule has 1 aromatic heterocycles. The molecule has 120 valence electrons. The molecule has 1 heterocycles. The second kappa shape index (κ2) is 8.68. The van der Waals surface area contributed by atoms with Gasteiger partial charge in [-0.2, -0.15) is 0 Å². The Kier molecular flexibility index (Phi) is 7.24. The molecule has 0 aromatic carbocycles. The summed E-state index contributed by atoms with van der Waals surface area (Å²) < 4.78 is 31.3. The molecule has 0 fully saturated rings. The summed E-state index contributed by atoms with van der Waals surface area (Å²) in [5, 5.41) is 14.2. The number of rotatable bonds is 10. The van der Waals surface area contributed by atoms with Gasteiger partial charge in [-0.15, -0.1) is 0 Å². The van der Waals surface area contributed by atoms with Gasteiger partial charge in [0.1, 0.15) is 24.8 Å². The van der Waals surface area contributed by atoms with Gasteiger partial charge in [0, 0.05) is 19.2 Å². The molecule has 0 bridgehead atoms. The second-order valence-corrected chi connectivity index (χ2v) is 4.49. The SMILES string of the molecule is CCCNc1cc(NCC(F)(F)CO)nc(COCC)n1. The fourth-order valence-electron chi connectivity index (χ4n) is 1.46. The van der Waals surface area contributed by atoms with Crippen LogP contribution in [0.5, 0.6) is 0 Å². The number of aliphatic hydroxyl groups excluding tert-OH is 1. The molecule has 6 nitrogen and oxygen atoms in total. The topological polar surface area (TPSA) is 79.3 Å². The number of nitrogens with zero attached hydrogens (tertiary/aromatic N) is 2. The van der Waals surface area contributed by atoms with E-state index >= 15 is 0 Å². The molecule has 0 atom stereocenters. The molecular formula is C13H22F2N4O2. The van der Waals surface area contributed by atoms with Crippen LogP contribution >= 0.6 is 0 Å². The summed E-state index contributed by atoms with van der Waals surface area (Å²) in [4.78, 5) is 8.36. The van der Waals surface area contributed by atoms with Gasteiger partial charge in [-0.05, 0) is 13.3 Å². The smallest absolute Gasteiger partial charge is 0.287 e. The van der Waals surface area contributed by atoms with Crippen molar-refractivity contribution in [3.63, 3.8) is 0 Å². The Balaban J connectivity index is 2.79. The van der Waals surface area contributed by atoms with Crippen LogP contribution in [-0.2, 0) is 11.3 Å².